The van der Waals surface area contributed by atoms with Gasteiger partial charge in [0.2, 0.25) is 0 Å². The molecule has 3 aromatic rings. The lowest BCUT2D eigenvalue weighted by atomic mass is 9.97. The van der Waals surface area contributed by atoms with Crippen molar-refractivity contribution < 1.29 is 4.79 Å². The van der Waals surface area contributed by atoms with Gasteiger partial charge in [-0.15, -0.1) is 0 Å². The van der Waals surface area contributed by atoms with Crippen LogP contribution >= 0.6 is 11.6 Å². The van der Waals surface area contributed by atoms with Crippen molar-refractivity contribution in [2.45, 2.75) is 20.3 Å². The number of anilines is 1. The number of likely N-dealkylation sites (N-methyl/N-ethyl adjacent to an activating group) is 1. The number of nitrogens with two attached hydrogens (primary N) is 1. The molecule has 34 heavy (non-hydrogen) atoms. The molecular weight excluding hydrogens is 446 g/mol. The molecule has 2 aromatic heterocycles. The summed E-state index contributed by atoms with van der Waals surface area (Å²) in [6.45, 7) is 8.41. The first-order valence-electron chi connectivity index (χ1n) is 11.5. The van der Waals surface area contributed by atoms with Crippen molar-refractivity contribution in [1.82, 2.24) is 19.8 Å². The summed E-state index contributed by atoms with van der Waals surface area (Å²) in [6, 6.07) is 11.1. The number of aromatic nitrogens is 2. The van der Waals surface area contributed by atoms with Crippen LogP contribution in [0.3, 0.4) is 0 Å². The van der Waals surface area contributed by atoms with Crippen LogP contribution in [0.1, 0.15) is 41.0 Å². The maximum Gasteiger partial charge on any atom is 0.255 e. The van der Waals surface area contributed by atoms with E-state index in [4.69, 9.17) is 17.3 Å². The van der Waals surface area contributed by atoms with Crippen molar-refractivity contribution >= 4 is 23.3 Å². The predicted octanol–water partition coefficient (Wildman–Crippen LogP) is 4.12. The zero-order valence-corrected chi connectivity index (χ0v) is 20.3. The summed E-state index contributed by atoms with van der Waals surface area (Å²) < 4.78 is 0. The van der Waals surface area contributed by atoms with E-state index in [1.54, 1.807) is 18.5 Å². The Labute approximate surface area is 205 Å². The van der Waals surface area contributed by atoms with Gasteiger partial charge < -0.3 is 15.5 Å². The molecule has 0 bridgehead atoms. The summed E-state index contributed by atoms with van der Waals surface area (Å²) in [4.78, 5) is 25.9. The van der Waals surface area contributed by atoms with Crippen LogP contribution in [0.2, 0.25) is 5.02 Å². The number of benzene rings is 1. The Bertz CT molecular complexity index is 1240. The Morgan fingerprint density at radius 2 is 1.85 bits per heavy atom. The summed E-state index contributed by atoms with van der Waals surface area (Å²) in [7, 11) is 0. The van der Waals surface area contributed by atoms with E-state index in [2.05, 4.69) is 40.6 Å². The first kappa shape index (κ1) is 23.7. The molecule has 7 heteroatoms. The zero-order chi connectivity index (χ0) is 24.1. The molecule has 6 nitrogen and oxygen atoms in total. The lowest BCUT2D eigenvalue weighted by Crippen LogP contribution is -2.48. The van der Waals surface area contributed by atoms with Gasteiger partial charge in [-0.1, -0.05) is 43.4 Å². The lowest BCUT2D eigenvalue weighted by Gasteiger charge is -2.34. The lowest BCUT2D eigenvalue weighted by molar-refractivity contribution is 0.0643. The minimum Gasteiger partial charge on any atom is -0.384 e. The minimum absolute atomic E-state index is 0.0212. The first-order chi connectivity index (χ1) is 16.5. The number of carbonyl (C=O) groups is 1. The second-order valence-corrected chi connectivity index (χ2v) is 8.58. The van der Waals surface area contributed by atoms with Crippen LogP contribution in [0.15, 0.2) is 48.8 Å². The number of halogens is 1. The largest absolute Gasteiger partial charge is 0.384 e. The smallest absolute Gasteiger partial charge is 0.255 e. The number of hydrogen-bond donors (Lipinski definition) is 1. The van der Waals surface area contributed by atoms with Gasteiger partial charge in [0.25, 0.3) is 5.91 Å². The van der Waals surface area contributed by atoms with Crippen LogP contribution in [-0.2, 0) is 6.42 Å². The quantitative estimate of drug-likeness (QED) is 0.577. The number of piperazine rings is 1. The van der Waals surface area contributed by atoms with Crippen LogP contribution in [0.4, 0.5) is 5.82 Å². The van der Waals surface area contributed by atoms with E-state index in [1.165, 1.54) is 0 Å². The number of hydrogen-bond acceptors (Lipinski definition) is 5. The van der Waals surface area contributed by atoms with Gasteiger partial charge in [0.15, 0.2) is 0 Å². The fourth-order valence-corrected chi connectivity index (χ4v) is 4.32. The molecule has 0 aliphatic carbocycles. The van der Waals surface area contributed by atoms with E-state index in [9.17, 15) is 4.79 Å². The van der Waals surface area contributed by atoms with Crippen LogP contribution in [0, 0.1) is 11.8 Å². The number of amides is 1. The standard InChI is InChI=1S/C27H28ClN5O/c1-3-25-22(8-5-19-6-10-26(29)31-18-19)21(11-12-30-25)20-7-9-23(24(28)17-20)27(34)33-15-13-32(4-2)14-16-33/h6-7,9-12,17-18H,3-4,13-16H2,1-2H3,(H2,29,31). The summed E-state index contributed by atoms with van der Waals surface area (Å²) in [5, 5.41) is 0.442. The van der Waals surface area contributed by atoms with E-state index in [-0.39, 0.29) is 5.91 Å². The highest BCUT2D eigenvalue weighted by Crippen LogP contribution is 2.30. The maximum atomic E-state index is 13.1. The van der Waals surface area contributed by atoms with Gasteiger partial charge in [-0.05, 0) is 48.9 Å². The number of nitrogen functional groups attached to an aromatic ring is 1. The third kappa shape index (κ3) is 5.22. The van der Waals surface area contributed by atoms with Gasteiger partial charge in [0.1, 0.15) is 5.82 Å². The normalized spacial score (nSPS) is 13.9. The molecule has 3 heterocycles. The van der Waals surface area contributed by atoms with Crippen molar-refractivity contribution in [2.75, 3.05) is 38.5 Å². The van der Waals surface area contributed by atoms with E-state index in [0.717, 1.165) is 54.0 Å². The Morgan fingerprint density at radius 3 is 2.50 bits per heavy atom. The summed E-state index contributed by atoms with van der Waals surface area (Å²) >= 11 is 6.63. The first-order valence-corrected chi connectivity index (χ1v) is 11.9. The fraction of sp³-hybridized carbons (Fsp3) is 0.296. The zero-order valence-electron chi connectivity index (χ0n) is 19.5. The minimum atomic E-state index is -0.0212. The van der Waals surface area contributed by atoms with Crippen LogP contribution in [0.25, 0.3) is 11.1 Å². The van der Waals surface area contributed by atoms with Gasteiger partial charge in [-0.25, -0.2) is 4.98 Å². The molecule has 4 rings (SSSR count). The predicted molar refractivity (Wildman–Crippen MR) is 137 cm³/mol. The Morgan fingerprint density at radius 1 is 1.06 bits per heavy atom. The van der Waals surface area contributed by atoms with Gasteiger partial charge in [-0.3, -0.25) is 9.78 Å². The number of rotatable bonds is 4. The molecule has 0 radical (unpaired) electrons. The molecule has 0 spiro atoms. The van der Waals surface area contributed by atoms with Gasteiger partial charge in [0.05, 0.1) is 21.8 Å². The number of carbonyl (C=O) groups excluding carboxylic acids is 1. The van der Waals surface area contributed by atoms with Gasteiger partial charge in [0, 0.05) is 49.7 Å². The second kappa shape index (κ2) is 10.7. The molecule has 1 amide bonds. The van der Waals surface area contributed by atoms with E-state index >= 15 is 0 Å². The topological polar surface area (TPSA) is 75.4 Å². The summed E-state index contributed by atoms with van der Waals surface area (Å²) in [5.41, 5.74) is 10.5. The highest BCUT2D eigenvalue weighted by molar-refractivity contribution is 6.34. The Hall–Kier alpha value is -3.40. The molecule has 1 fully saturated rings. The Kier molecular flexibility index (Phi) is 7.46. The average molecular weight is 474 g/mol. The highest BCUT2D eigenvalue weighted by atomic mass is 35.5. The van der Waals surface area contributed by atoms with Crippen LogP contribution in [0.5, 0.6) is 0 Å². The summed E-state index contributed by atoms with van der Waals surface area (Å²) in [6.07, 6.45) is 4.18. The van der Waals surface area contributed by atoms with Crippen molar-refractivity contribution in [1.29, 1.82) is 0 Å². The monoisotopic (exact) mass is 473 g/mol. The molecule has 174 valence electrons. The number of nitrogens with zero attached hydrogens (tertiary/aromatic N) is 4. The molecule has 2 N–H and O–H groups in total. The van der Waals surface area contributed by atoms with Crippen LogP contribution < -0.4 is 5.73 Å². The molecule has 1 aromatic carbocycles. The van der Waals surface area contributed by atoms with Crippen molar-refractivity contribution in [3.05, 3.63) is 76.2 Å². The summed E-state index contributed by atoms with van der Waals surface area (Å²) in [5.74, 6) is 6.87. The number of aryl methyl sites for hydroxylation is 1. The molecule has 1 aliphatic rings. The third-order valence-electron chi connectivity index (χ3n) is 6.10. The molecule has 1 saturated heterocycles. The maximum absolute atomic E-state index is 13.1. The molecule has 0 unspecified atom stereocenters. The van der Waals surface area contributed by atoms with E-state index < -0.39 is 0 Å². The molecular formula is C27H28ClN5O. The third-order valence-corrected chi connectivity index (χ3v) is 6.41. The van der Waals surface area contributed by atoms with Gasteiger partial charge >= 0.3 is 0 Å². The van der Waals surface area contributed by atoms with Crippen molar-refractivity contribution in [3.63, 3.8) is 0 Å². The highest BCUT2D eigenvalue weighted by Gasteiger charge is 2.23. The molecule has 0 atom stereocenters. The second-order valence-electron chi connectivity index (χ2n) is 8.18. The van der Waals surface area contributed by atoms with E-state index in [0.29, 0.717) is 29.5 Å². The van der Waals surface area contributed by atoms with Crippen molar-refractivity contribution in [3.8, 4) is 23.0 Å². The molecule has 1 aliphatic heterocycles. The number of pyridine rings is 2. The molecule has 0 saturated carbocycles. The van der Waals surface area contributed by atoms with Crippen molar-refractivity contribution in [2.24, 2.45) is 0 Å². The fourth-order valence-electron chi connectivity index (χ4n) is 4.06. The average Bonchev–Trinajstić information content (AvgIpc) is 2.87. The van der Waals surface area contributed by atoms with Gasteiger partial charge in [-0.2, -0.15) is 0 Å². The SMILES string of the molecule is CCc1nccc(-c2ccc(C(=O)N3CCN(CC)CC3)c(Cl)c2)c1C#Cc1ccc(N)nc1. The van der Waals surface area contributed by atoms with E-state index in [1.807, 2.05) is 35.2 Å². The Balaban J connectivity index is 1.64. The van der Waals surface area contributed by atoms with Crippen LogP contribution in [-0.4, -0.2) is 58.4 Å².